The van der Waals surface area contributed by atoms with E-state index in [0.717, 1.165) is 23.7 Å². The molecule has 1 nitrogen and oxygen atoms in total. The molecule has 0 aliphatic heterocycles. The lowest BCUT2D eigenvalue weighted by atomic mass is 9.75. The van der Waals surface area contributed by atoms with Gasteiger partial charge in [0.05, 0.1) is 0 Å². The fourth-order valence-corrected chi connectivity index (χ4v) is 5.92. The molecular formula is C19H25NS. The predicted octanol–water partition coefficient (Wildman–Crippen LogP) is 4.90. The molecule has 2 aromatic rings. The summed E-state index contributed by atoms with van der Waals surface area (Å²) in [5.41, 5.74) is 3.06. The maximum atomic E-state index is 2.51. The molecular weight excluding hydrogens is 274 g/mol. The van der Waals surface area contributed by atoms with E-state index in [2.05, 4.69) is 49.5 Å². The second kappa shape index (κ2) is 5.10. The van der Waals surface area contributed by atoms with Crippen LogP contribution >= 0.6 is 11.3 Å². The number of fused-ring (bicyclic) bond motifs is 3. The summed E-state index contributed by atoms with van der Waals surface area (Å²) in [6.07, 6.45) is 4.41. The van der Waals surface area contributed by atoms with Gasteiger partial charge >= 0.3 is 0 Å². The second-order valence-corrected chi connectivity index (χ2v) is 8.37. The molecule has 2 heteroatoms. The van der Waals surface area contributed by atoms with E-state index in [4.69, 9.17) is 0 Å². The summed E-state index contributed by atoms with van der Waals surface area (Å²) in [6, 6.07) is 7.29. The predicted molar refractivity (Wildman–Crippen MR) is 92.2 cm³/mol. The smallest absolute Gasteiger partial charge is 0.0345 e. The van der Waals surface area contributed by atoms with Crippen LogP contribution in [0, 0.1) is 24.7 Å². The molecule has 0 unspecified atom stereocenters. The van der Waals surface area contributed by atoms with Gasteiger partial charge in [0.2, 0.25) is 0 Å². The highest BCUT2D eigenvalue weighted by Gasteiger charge is 2.47. The van der Waals surface area contributed by atoms with E-state index >= 15 is 0 Å². The summed E-state index contributed by atoms with van der Waals surface area (Å²) in [7, 11) is 4.46. The molecule has 0 saturated heterocycles. The minimum absolute atomic E-state index is 0.801. The van der Waals surface area contributed by atoms with Crippen LogP contribution in [0.1, 0.15) is 36.3 Å². The van der Waals surface area contributed by atoms with Crippen molar-refractivity contribution in [3.05, 3.63) is 34.7 Å². The molecule has 4 rings (SSSR count). The molecule has 21 heavy (non-hydrogen) atoms. The minimum atomic E-state index is 0.801. The maximum absolute atomic E-state index is 2.51. The molecule has 1 heterocycles. The highest BCUT2D eigenvalue weighted by molar-refractivity contribution is 7.17. The van der Waals surface area contributed by atoms with Gasteiger partial charge in [-0.15, -0.1) is 11.3 Å². The van der Waals surface area contributed by atoms with Crippen LogP contribution in [-0.2, 0) is 0 Å². The number of rotatable bonds is 3. The summed E-state index contributed by atoms with van der Waals surface area (Å²) in [6.45, 7) is 3.51. The van der Waals surface area contributed by atoms with Gasteiger partial charge in [-0.05, 0) is 98.0 Å². The van der Waals surface area contributed by atoms with Crippen molar-refractivity contribution >= 4 is 21.4 Å². The summed E-state index contributed by atoms with van der Waals surface area (Å²) in [5.74, 6) is 3.59. The highest BCUT2D eigenvalue weighted by atomic mass is 32.1. The van der Waals surface area contributed by atoms with Crippen molar-refractivity contribution in [2.75, 3.05) is 20.6 Å². The van der Waals surface area contributed by atoms with Gasteiger partial charge in [-0.3, -0.25) is 0 Å². The van der Waals surface area contributed by atoms with Gasteiger partial charge in [-0.2, -0.15) is 0 Å². The van der Waals surface area contributed by atoms with Crippen LogP contribution in [0.3, 0.4) is 0 Å². The first kappa shape index (κ1) is 13.8. The third-order valence-corrected chi connectivity index (χ3v) is 6.92. The van der Waals surface area contributed by atoms with Gasteiger partial charge in [0, 0.05) is 11.2 Å². The van der Waals surface area contributed by atoms with Crippen LogP contribution in [0.5, 0.6) is 0 Å². The van der Waals surface area contributed by atoms with Crippen LogP contribution in [0.4, 0.5) is 0 Å². The standard InChI is InChI=1S/C19H25NS/c1-12-11-21-18-7-6-15(9-16(12)18)19-14-5-4-13(8-14)17(19)10-20(2)3/h6-7,9,11,13-14,17,19H,4-5,8,10H2,1-3H3/t13-,14+,17-,19-/m1/s1. The van der Waals surface area contributed by atoms with Crippen LogP contribution in [0.25, 0.3) is 10.1 Å². The van der Waals surface area contributed by atoms with Crippen LogP contribution in [0.2, 0.25) is 0 Å². The topological polar surface area (TPSA) is 3.24 Å². The lowest BCUT2D eigenvalue weighted by Crippen LogP contribution is -2.30. The number of aryl methyl sites for hydroxylation is 1. The average molecular weight is 299 g/mol. The van der Waals surface area contributed by atoms with Crippen LogP contribution < -0.4 is 0 Å². The Morgan fingerprint density at radius 1 is 1.19 bits per heavy atom. The number of thiophene rings is 1. The van der Waals surface area contributed by atoms with E-state index in [1.807, 2.05) is 11.3 Å². The Balaban J connectivity index is 1.73. The maximum Gasteiger partial charge on any atom is 0.0345 e. The van der Waals surface area contributed by atoms with E-state index in [-0.39, 0.29) is 0 Å². The fraction of sp³-hybridized carbons (Fsp3) is 0.579. The Hall–Kier alpha value is -0.860. The SMILES string of the molecule is Cc1csc2ccc([C@H]3[C@H]4CC[C@H](C4)[C@H]3CN(C)C)cc12. The molecule has 2 fully saturated rings. The molecule has 2 saturated carbocycles. The number of hydrogen-bond donors (Lipinski definition) is 0. The number of hydrogen-bond acceptors (Lipinski definition) is 2. The molecule has 1 aromatic heterocycles. The van der Waals surface area contributed by atoms with E-state index in [1.54, 1.807) is 5.56 Å². The molecule has 0 amide bonds. The third kappa shape index (κ3) is 2.24. The Labute approximate surface area is 132 Å². The van der Waals surface area contributed by atoms with Crippen molar-refractivity contribution in [1.82, 2.24) is 4.90 Å². The van der Waals surface area contributed by atoms with Crippen molar-refractivity contribution in [2.24, 2.45) is 17.8 Å². The van der Waals surface area contributed by atoms with Crippen LogP contribution in [-0.4, -0.2) is 25.5 Å². The van der Waals surface area contributed by atoms with Gasteiger partial charge < -0.3 is 4.90 Å². The summed E-state index contributed by atoms with van der Waals surface area (Å²) < 4.78 is 1.45. The molecule has 1 aromatic carbocycles. The minimum Gasteiger partial charge on any atom is -0.309 e. The highest BCUT2D eigenvalue weighted by Crippen LogP contribution is 2.57. The Morgan fingerprint density at radius 2 is 2.00 bits per heavy atom. The van der Waals surface area contributed by atoms with E-state index < -0.39 is 0 Å². The lowest BCUT2D eigenvalue weighted by Gasteiger charge is -2.33. The number of nitrogens with zero attached hydrogens (tertiary/aromatic N) is 1. The monoisotopic (exact) mass is 299 g/mol. The zero-order chi connectivity index (χ0) is 14.6. The number of benzene rings is 1. The Kier molecular flexibility index (Phi) is 3.35. The van der Waals surface area contributed by atoms with E-state index in [1.165, 1.54) is 41.5 Å². The average Bonchev–Trinajstić information content (AvgIpc) is 3.13. The molecule has 0 N–H and O–H groups in total. The van der Waals surface area contributed by atoms with Gasteiger partial charge in [0.15, 0.2) is 0 Å². The third-order valence-electron chi connectivity index (χ3n) is 5.84. The quantitative estimate of drug-likeness (QED) is 0.779. The Bertz CT molecular complexity index is 657. The zero-order valence-corrected chi connectivity index (χ0v) is 14.1. The van der Waals surface area contributed by atoms with E-state index in [0.29, 0.717) is 0 Å². The fourth-order valence-electron chi connectivity index (χ4n) is 5.00. The summed E-state index contributed by atoms with van der Waals surface area (Å²) in [5, 5.41) is 3.79. The van der Waals surface area contributed by atoms with Crippen molar-refractivity contribution in [1.29, 1.82) is 0 Å². The summed E-state index contributed by atoms with van der Waals surface area (Å²) in [4.78, 5) is 2.40. The van der Waals surface area contributed by atoms with Gasteiger partial charge in [0.25, 0.3) is 0 Å². The zero-order valence-electron chi connectivity index (χ0n) is 13.3. The molecule has 112 valence electrons. The lowest BCUT2D eigenvalue weighted by molar-refractivity contribution is 0.219. The van der Waals surface area contributed by atoms with Crippen molar-refractivity contribution in [3.8, 4) is 0 Å². The van der Waals surface area contributed by atoms with Crippen LogP contribution in [0.15, 0.2) is 23.6 Å². The van der Waals surface area contributed by atoms with Gasteiger partial charge in [-0.1, -0.05) is 6.07 Å². The first-order chi connectivity index (χ1) is 10.1. The van der Waals surface area contributed by atoms with Crippen molar-refractivity contribution in [3.63, 3.8) is 0 Å². The molecule has 0 spiro atoms. The molecule has 0 radical (unpaired) electrons. The van der Waals surface area contributed by atoms with Crippen molar-refractivity contribution < 1.29 is 0 Å². The van der Waals surface area contributed by atoms with E-state index in [9.17, 15) is 0 Å². The van der Waals surface area contributed by atoms with Gasteiger partial charge in [0.1, 0.15) is 0 Å². The Morgan fingerprint density at radius 3 is 2.81 bits per heavy atom. The molecule has 2 aliphatic rings. The molecule has 2 aliphatic carbocycles. The normalized spacial score (nSPS) is 31.6. The first-order valence-electron chi connectivity index (χ1n) is 8.26. The molecule has 4 atom stereocenters. The first-order valence-corrected chi connectivity index (χ1v) is 9.14. The van der Waals surface area contributed by atoms with Crippen molar-refractivity contribution in [2.45, 2.75) is 32.1 Å². The molecule has 2 bridgehead atoms. The second-order valence-electron chi connectivity index (χ2n) is 7.46. The summed E-state index contributed by atoms with van der Waals surface area (Å²) >= 11 is 1.88. The largest absolute Gasteiger partial charge is 0.309 e. The van der Waals surface area contributed by atoms with Gasteiger partial charge in [-0.25, -0.2) is 0 Å².